The van der Waals surface area contributed by atoms with Gasteiger partial charge in [-0.25, -0.2) is 24.2 Å². The molecule has 2 N–H and O–H groups in total. The molecular weight excluding hydrogens is 521 g/mol. The van der Waals surface area contributed by atoms with Crippen molar-refractivity contribution >= 4 is 23.7 Å². The molecule has 4 unspecified atom stereocenters. The van der Waals surface area contributed by atoms with Gasteiger partial charge in [-0.3, -0.25) is 18.9 Å². The van der Waals surface area contributed by atoms with E-state index in [-0.39, 0.29) is 13.2 Å². The number of nitrogens with zero attached hydrogens (tertiary/aromatic N) is 1. The average Bonchev–Trinajstić information content (AvgIpc) is 3.24. The molecule has 0 spiro atoms. The number of hydrogen-bond donors (Lipinski definition) is 2. The van der Waals surface area contributed by atoms with Crippen molar-refractivity contribution in [1.82, 2.24) is 14.6 Å². The van der Waals surface area contributed by atoms with Gasteiger partial charge in [0.1, 0.15) is 11.9 Å². The summed E-state index contributed by atoms with van der Waals surface area (Å²) >= 11 is 3.34. The van der Waals surface area contributed by atoms with E-state index in [0.29, 0.717) is 11.3 Å². The van der Waals surface area contributed by atoms with Crippen LogP contribution in [0.4, 0.5) is 0 Å². The first-order valence-electron chi connectivity index (χ1n) is 9.98. The summed E-state index contributed by atoms with van der Waals surface area (Å²) in [5.74, 6) is 0.338. The predicted octanol–water partition coefficient (Wildman–Crippen LogP) is 2.82. The summed E-state index contributed by atoms with van der Waals surface area (Å²) in [5.41, 5.74) is -0.684. The molecule has 1 aliphatic heterocycles. The van der Waals surface area contributed by atoms with Crippen LogP contribution in [0.1, 0.15) is 18.7 Å². The Kier molecular flexibility index (Phi) is 8.82. The molecule has 33 heavy (non-hydrogen) atoms. The molecule has 3 rings (SSSR count). The molecule has 0 fully saturated rings. The fraction of sp³-hybridized carbons (Fsp3) is 0.400. The van der Waals surface area contributed by atoms with Crippen LogP contribution in [0.2, 0.25) is 0 Å². The van der Waals surface area contributed by atoms with Crippen LogP contribution in [0.25, 0.3) is 0 Å². The van der Waals surface area contributed by atoms with Gasteiger partial charge in [0.2, 0.25) is 0 Å². The van der Waals surface area contributed by atoms with Gasteiger partial charge in [0, 0.05) is 22.3 Å². The third-order valence-electron chi connectivity index (χ3n) is 4.49. The normalized spacial score (nSPS) is 20.5. The lowest BCUT2D eigenvalue weighted by Gasteiger charge is -2.24. The van der Waals surface area contributed by atoms with Crippen LogP contribution in [0.5, 0.6) is 5.75 Å². The Balaban J connectivity index is 1.67. The summed E-state index contributed by atoms with van der Waals surface area (Å²) in [7, 11) is -2.48. The first-order valence-corrected chi connectivity index (χ1v) is 12.3. The SMILES string of the molecule is COOCC(C)NP(=O)(OCC1C=CC(n2cc(C)c(=O)[nH]c2=O)O1)Oc1ccc(Br)cc1. The zero-order chi connectivity index (χ0) is 24.0. The standard InChI is InChI=1S/C20H25BrN3O8P/c1-13-10-24(20(26)22-19(13)25)18-9-8-17(31-18)12-30-33(27,23-14(2)11-29-28-3)32-16-6-4-15(21)5-7-16/h4-10,14,17-18H,11-12H2,1-3H3,(H,23,27)(H,22,25,26). The Bertz CT molecular complexity index is 1130. The number of halogens is 1. The molecular formula is C20H25BrN3O8P. The molecule has 0 amide bonds. The van der Waals surface area contributed by atoms with Gasteiger partial charge >= 0.3 is 13.4 Å². The van der Waals surface area contributed by atoms with Crippen LogP contribution < -0.4 is 20.9 Å². The quantitative estimate of drug-likeness (QED) is 0.189. The number of hydrogen-bond acceptors (Lipinski definition) is 8. The molecule has 0 saturated carbocycles. The number of aromatic amines is 1. The van der Waals surface area contributed by atoms with Crippen molar-refractivity contribution < 1.29 is 28.1 Å². The zero-order valence-corrected chi connectivity index (χ0v) is 20.7. The van der Waals surface area contributed by atoms with Crippen LogP contribution in [-0.4, -0.2) is 42.0 Å². The first-order chi connectivity index (χ1) is 15.7. The highest BCUT2D eigenvalue weighted by molar-refractivity contribution is 9.10. The van der Waals surface area contributed by atoms with Crippen molar-refractivity contribution in [2.75, 3.05) is 20.3 Å². The number of ether oxygens (including phenoxy) is 1. The lowest BCUT2D eigenvalue weighted by Crippen LogP contribution is -2.34. The van der Waals surface area contributed by atoms with Gasteiger partial charge in [0.15, 0.2) is 6.23 Å². The minimum absolute atomic E-state index is 0.101. The van der Waals surface area contributed by atoms with Crippen LogP contribution in [-0.2, 0) is 23.6 Å². The first kappa shape index (κ1) is 25.6. The number of benzene rings is 1. The summed E-state index contributed by atoms with van der Waals surface area (Å²) in [5, 5.41) is 2.80. The van der Waals surface area contributed by atoms with Crippen LogP contribution >= 0.6 is 23.7 Å². The van der Waals surface area contributed by atoms with Crippen molar-refractivity contribution in [2.45, 2.75) is 32.2 Å². The molecule has 11 nitrogen and oxygen atoms in total. The maximum atomic E-state index is 13.4. The van der Waals surface area contributed by atoms with Crippen molar-refractivity contribution in [3.63, 3.8) is 0 Å². The molecule has 0 radical (unpaired) electrons. The third kappa shape index (κ3) is 7.21. The topological polar surface area (TPSA) is 130 Å². The van der Waals surface area contributed by atoms with E-state index in [0.717, 1.165) is 4.47 Å². The smallest absolute Gasteiger partial charge is 0.413 e. The fourth-order valence-corrected chi connectivity index (χ4v) is 4.69. The Morgan fingerprint density at radius 1 is 1.27 bits per heavy atom. The van der Waals surface area contributed by atoms with Gasteiger partial charge in [-0.2, -0.15) is 0 Å². The van der Waals surface area contributed by atoms with Gasteiger partial charge in [0.25, 0.3) is 5.56 Å². The van der Waals surface area contributed by atoms with E-state index in [4.69, 9.17) is 18.7 Å². The van der Waals surface area contributed by atoms with Crippen LogP contribution in [0.15, 0.2) is 56.7 Å². The maximum Gasteiger partial charge on any atom is 0.459 e. The summed E-state index contributed by atoms with van der Waals surface area (Å²) in [6.45, 7) is 3.30. The van der Waals surface area contributed by atoms with E-state index >= 15 is 0 Å². The monoisotopic (exact) mass is 545 g/mol. The van der Waals surface area contributed by atoms with Crippen molar-refractivity contribution in [2.24, 2.45) is 0 Å². The Morgan fingerprint density at radius 3 is 2.70 bits per heavy atom. The molecule has 4 atom stereocenters. The van der Waals surface area contributed by atoms with Crippen LogP contribution in [0.3, 0.4) is 0 Å². The Hall–Kier alpha value is -2.05. The van der Waals surface area contributed by atoms with Crippen molar-refractivity contribution in [3.05, 3.63) is 73.5 Å². The third-order valence-corrected chi connectivity index (χ3v) is 6.71. The predicted molar refractivity (Wildman–Crippen MR) is 123 cm³/mol. The van der Waals surface area contributed by atoms with Gasteiger partial charge < -0.3 is 9.26 Å². The van der Waals surface area contributed by atoms with Crippen molar-refractivity contribution in [3.8, 4) is 5.75 Å². The molecule has 1 aliphatic rings. The van der Waals surface area contributed by atoms with E-state index in [2.05, 4.69) is 30.9 Å². The lowest BCUT2D eigenvalue weighted by atomic mass is 10.3. The summed E-state index contributed by atoms with van der Waals surface area (Å²) in [6, 6.07) is 6.35. The molecule has 1 aromatic heterocycles. The molecule has 0 bridgehead atoms. The van der Waals surface area contributed by atoms with E-state index in [1.54, 1.807) is 50.3 Å². The molecule has 0 saturated heterocycles. The largest absolute Gasteiger partial charge is 0.459 e. The zero-order valence-electron chi connectivity index (χ0n) is 18.2. The maximum absolute atomic E-state index is 13.4. The lowest BCUT2D eigenvalue weighted by molar-refractivity contribution is -0.274. The van der Waals surface area contributed by atoms with E-state index in [1.165, 1.54) is 17.9 Å². The highest BCUT2D eigenvalue weighted by Crippen LogP contribution is 2.45. The van der Waals surface area contributed by atoms with E-state index in [1.807, 2.05) is 0 Å². The van der Waals surface area contributed by atoms with Crippen LogP contribution in [0, 0.1) is 6.92 Å². The van der Waals surface area contributed by atoms with Gasteiger partial charge in [0.05, 0.1) is 20.3 Å². The Morgan fingerprint density at radius 2 is 2.00 bits per heavy atom. The van der Waals surface area contributed by atoms with Crippen molar-refractivity contribution in [1.29, 1.82) is 0 Å². The number of aromatic nitrogens is 2. The van der Waals surface area contributed by atoms with E-state index < -0.39 is 37.4 Å². The molecule has 2 heterocycles. The molecule has 13 heteroatoms. The van der Waals surface area contributed by atoms with Gasteiger partial charge in [-0.1, -0.05) is 22.0 Å². The fourth-order valence-electron chi connectivity index (χ4n) is 2.89. The van der Waals surface area contributed by atoms with E-state index in [9.17, 15) is 14.2 Å². The molecule has 1 aromatic carbocycles. The number of nitrogens with one attached hydrogen (secondary N) is 2. The number of H-pyrrole nitrogens is 1. The minimum Gasteiger partial charge on any atom is -0.413 e. The van der Waals surface area contributed by atoms with Gasteiger partial charge in [-0.05, 0) is 44.2 Å². The average molecular weight is 546 g/mol. The number of aryl methyl sites for hydroxylation is 1. The summed E-state index contributed by atoms with van der Waals surface area (Å²) in [6.07, 6.45) is 3.40. The second-order valence-corrected chi connectivity index (χ2v) is 9.86. The Labute approximate surface area is 198 Å². The van der Waals surface area contributed by atoms with Gasteiger partial charge in [-0.15, -0.1) is 0 Å². The second kappa shape index (κ2) is 11.4. The molecule has 2 aromatic rings. The highest BCUT2D eigenvalue weighted by atomic mass is 79.9. The number of rotatable bonds is 11. The second-order valence-electron chi connectivity index (χ2n) is 7.25. The summed E-state index contributed by atoms with van der Waals surface area (Å²) < 4.78 is 32.7. The molecule has 180 valence electrons. The highest BCUT2D eigenvalue weighted by Gasteiger charge is 2.32. The molecule has 0 aliphatic carbocycles. The summed E-state index contributed by atoms with van der Waals surface area (Å²) in [4.78, 5) is 35.4. The minimum atomic E-state index is -3.85.